The Hall–Kier alpha value is -4.28. The second-order valence-corrected chi connectivity index (χ2v) is 15.1. The maximum Gasteiger partial charge on any atom is 0.264 e. The van der Waals surface area contributed by atoms with E-state index in [2.05, 4.69) is 153 Å². The highest BCUT2D eigenvalue weighted by molar-refractivity contribution is 7.33. The molecule has 1 aliphatic carbocycles. The Labute approximate surface area is 264 Å². The second kappa shape index (κ2) is 9.12. The largest absolute Gasteiger partial charge is 0.311 e. The minimum absolute atomic E-state index is 0.144. The number of nitrogens with zero attached hydrogens (tertiary/aromatic N) is 2. The molecule has 214 valence electrons. The van der Waals surface area contributed by atoms with Crippen molar-refractivity contribution in [3.8, 4) is 0 Å². The van der Waals surface area contributed by atoms with Crippen molar-refractivity contribution in [1.82, 2.24) is 0 Å². The normalized spacial score (nSPS) is 17.1. The lowest BCUT2D eigenvalue weighted by atomic mass is 9.36. The van der Waals surface area contributed by atoms with Gasteiger partial charge < -0.3 is 9.80 Å². The number of thiophene rings is 1. The summed E-state index contributed by atoms with van der Waals surface area (Å²) in [6.45, 7) is 9.85. The predicted octanol–water partition coefficient (Wildman–Crippen LogP) is 9.33. The molecule has 1 aromatic heterocycles. The Morgan fingerprint density at radius 3 is 2.07 bits per heavy atom. The fourth-order valence-electron chi connectivity index (χ4n) is 8.16. The zero-order chi connectivity index (χ0) is 29.8. The summed E-state index contributed by atoms with van der Waals surface area (Å²) in [7, 11) is 0. The van der Waals surface area contributed by atoms with Gasteiger partial charge >= 0.3 is 0 Å². The van der Waals surface area contributed by atoms with E-state index in [0.29, 0.717) is 0 Å². The summed E-state index contributed by atoms with van der Waals surface area (Å²) in [6.07, 6.45) is 2.43. The molecular formula is C40H35BN2S. The maximum atomic E-state index is 2.55. The first kappa shape index (κ1) is 26.2. The van der Waals surface area contributed by atoms with Gasteiger partial charge in [0.2, 0.25) is 0 Å². The minimum atomic E-state index is 0.144. The molecule has 0 atom stereocenters. The number of fused-ring (bicyclic) bond motifs is 7. The number of hydrogen-bond acceptors (Lipinski definition) is 3. The van der Waals surface area contributed by atoms with Crippen LogP contribution in [0.3, 0.4) is 0 Å². The van der Waals surface area contributed by atoms with Gasteiger partial charge in [0.1, 0.15) is 0 Å². The van der Waals surface area contributed by atoms with Crippen LogP contribution in [0.5, 0.6) is 0 Å². The van der Waals surface area contributed by atoms with Crippen LogP contribution in [0, 0.1) is 0 Å². The van der Waals surface area contributed by atoms with Crippen molar-refractivity contribution in [1.29, 1.82) is 0 Å². The number of rotatable bonds is 2. The lowest BCUT2D eigenvalue weighted by molar-refractivity contribution is 0.332. The Morgan fingerprint density at radius 2 is 1.25 bits per heavy atom. The third-order valence-corrected chi connectivity index (χ3v) is 11.7. The fraction of sp³-hybridized carbons (Fsp3) is 0.200. The molecular weight excluding hydrogens is 551 g/mol. The Kier molecular flexibility index (Phi) is 5.42. The number of para-hydroxylation sites is 2. The molecule has 0 unspecified atom stereocenters. The zero-order valence-corrected chi connectivity index (χ0v) is 26.6. The van der Waals surface area contributed by atoms with E-state index in [-0.39, 0.29) is 17.5 Å². The van der Waals surface area contributed by atoms with Gasteiger partial charge in [0, 0.05) is 43.3 Å². The predicted molar refractivity (Wildman–Crippen MR) is 191 cm³/mol. The number of anilines is 6. The quantitative estimate of drug-likeness (QED) is 0.186. The van der Waals surface area contributed by atoms with Crippen molar-refractivity contribution in [3.05, 3.63) is 126 Å². The van der Waals surface area contributed by atoms with Crippen molar-refractivity contribution in [2.75, 3.05) is 9.80 Å². The molecule has 0 spiro atoms. The third-order valence-electron chi connectivity index (χ3n) is 10.5. The molecule has 0 saturated carbocycles. The number of hydrogen-bond donors (Lipinski definition) is 0. The molecule has 0 fully saturated rings. The molecule has 44 heavy (non-hydrogen) atoms. The maximum absolute atomic E-state index is 2.55. The van der Waals surface area contributed by atoms with E-state index < -0.39 is 0 Å². The zero-order valence-electron chi connectivity index (χ0n) is 25.8. The van der Waals surface area contributed by atoms with Crippen molar-refractivity contribution in [3.63, 3.8) is 0 Å². The van der Waals surface area contributed by atoms with Crippen molar-refractivity contribution in [2.24, 2.45) is 0 Å². The first-order chi connectivity index (χ1) is 21.3. The molecule has 0 amide bonds. The molecule has 5 aromatic carbocycles. The highest BCUT2D eigenvalue weighted by atomic mass is 32.1. The lowest BCUT2D eigenvalue weighted by Crippen LogP contribution is -2.60. The summed E-state index contributed by atoms with van der Waals surface area (Å²) in [5.41, 5.74) is 13.7. The lowest BCUT2D eigenvalue weighted by Gasteiger charge is -2.45. The summed E-state index contributed by atoms with van der Waals surface area (Å²) in [5, 5.41) is 1.33. The first-order valence-corrected chi connectivity index (χ1v) is 16.7. The summed E-state index contributed by atoms with van der Waals surface area (Å²) < 4.78 is 2.77. The average Bonchev–Trinajstić information content (AvgIpc) is 3.43. The van der Waals surface area contributed by atoms with Gasteiger partial charge in [-0.15, -0.1) is 11.3 Å². The minimum Gasteiger partial charge on any atom is -0.311 e. The van der Waals surface area contributed by atoms with E-state index in [1.165, 1.54) is 83.9 Å². The van der Waals surface area contributed by atoms with Crippen LogP contribution >= 0.6 is 11.3 Å². The van der Waals surface area contributed by atoms with E-state index in [4.69, 9.17) is 0 Å². The molecule has 6 aromatic rings. The molecule has 3 heterocycles. The highest BCUT2D eigenvalue weighted by Gasteiger charge is 2.45. The topological polar surface area (TPSA) is 6.48 Å². The van der Waals surface area contributed by atoms with Crippen LogP contribution in [0.4, 0.5) is 34.1 Å². The molecule has 0 saturated heterocycles. The van der Waals surface area contributed by atoms with Crippen LogP contribution < -0.4 is 25.5 Å². The van der Waals surface area contributed by atoms with Crippen LogP contribution in [-0.2, 0) is 10.8 Å². The molecule has 4 heteroatoms. The summed E-state index contributed by atoms with van der Waals surface area (Å²) in [6, 6.07) is 43.2. The van der Waals surface area contributed by atoms with Gasteiger partial charge in [0.15, 0.2) is 0 Å². The Balaban J connectivity index is 1.34. The van der Waals surface area contributed by atoms with Gasteiger partial charge in [-0.3, -0.25) is 0 Å². The monoisotopic (exact) mass is 586 g/mol. The number of benzene rings is 5. The van der Waals surface area contributed by atoms with E-state index in [0.717, 1.165) is 0 Å². The Morgan fingerprint density at radius 1 is 0.591 bits per heavy atom. The van der Waals surface area contributed by atoms with E-state index in [1.54, 1.807) is 0 Å². The van der Waals surface area contributed by atoms with Gasteiger partial charge in [-0.25, -0.2) is 0 Å². The van der Waals surface area contributed by atoms with Crippen molar-refractivity contribution in [2.45, 2.75) is 51.4 Å². The third kappa shape index (κ3) is 3.55. The molecule has 0 bridgehead atoms. The second-order valence-electron chi connectivity index (χ2n) is 14.0. The highest BCUT2D eigenvalue weighted by Crippen LogP contribution is 2.50. The summed E-state index contributed by atoms with van der Waals surface area (Å²) in [5.74, 6) is 0. The SMILES string of the molecule is CC1(C)CCC(C)(C)c2cc(N3c4ccccc4B4c5sc6ccccc6c5N(c5ccccc5)c5cccc3c54)ccc21. The van der Waals surface area contributed by atoms with Crippen LogP contribution in [-0.4, -0.2) is 6.71 Å². The molecule has 2 aliphatic heterocycles. The fourth-order valence-corrected chi connectivity index (χ4v) is 9.48. The molecule has 0 radical (unpaired) electrons. The van der Waals surface area contributed by atoms with Crippen LogP contribution in [0.15, 0.2) is 115 Å². The average molecular weight is 587 g/mol. The van der Waals surface area contributed by atoms with Crippen LogP contribution in [0.25, 0.3) is 10.1 Å². The van der Waals surface area contributed by atoms with Crippen molar-refractivity contribution >= 4 is 78.0 Å². The van der Waals surface area contributed by atoms with Crippen LogP contribution in [0.2, 0.25) is 0 Å². The van der Waals surface area contributed by atoms with E-state index >= 15 is 0 Å². The Bertz CT molecular complexity index is 2110. The van der Waals surface area contributed by atoms with Crippen LogP contribution in [0.1, 0.15) is 51.7 Å². The smallest absolute Gasteiger partial charge is 0.264 e. The van der Waals surface area contributed by atoms with Gasteiger partial charge in [-0.2, -0.15) is 0 Å². The molecule has 2 nitrogen and oxygen atoms in total. The summed E-state index contributed by atoms with van der Waals surface area (Å²) in [4.78, 5) is 5.07. The van der Waals surface area contributed by atoms with Crippen molar-refractivity contribution < 1.29 is 0 Å². The van der Waals surface area contributed by atoms with E-state index in [1.807, 2.05) is 11.3 Å². The molecule has 0 N–H and O–H groups in total. The molecule has 3 aliphatic rings. The molecule has 9 rings (SSSR count). The summed E-state index contributed by atoms with van der Waals surface area (Å²) >= 11 is 1.96. The van der Waals surface area contributed by atoms with Gasteiger partial charge in [0.05, 0.1) is 5.69 Å². The standard InChI is InChI=1S/C40H35BN2S/c1-39(2)23-24-40(3,4)30-25-27(21-22-29(30)39)42-32-17-10-9-16-31(32)41-36-33(42)18-12-19-34(36)43(26-13-6-5-7-14-26)37-28-15-8-11-20-35(28)44-38(37)41/h5-22,25H,23-24H2,1-4H3. The van der Waals surface area contributed by atoms with Gasteiger partial charge in [-0.1, -0.05) is 94.4 Å². The van der Waals surface area contributed by atoms with Gasteiger partial charge in [-0.05, 0) is 94.3 Å². The first-order valence-electron chi connectivity index (χ1n) is 15.9. The van der Waals surface area contributed by atoms with E-state index in [9.17, 15) is 0 Å². The van der Waals surface area contributed by atoms with Gasteiger partial charge in [0.25, 0.3) is 6.71 Å².